The van der Waals surface area contributed by atoms with E-state index in [1.165, 1.54) is 0 Å². The van der Waals surface area contributed by atoms with E-state index in [0.29, 0.717) is 0 Å². The van der Waals surface area contributed by atoms with E-state index >= 15 is 0 Å². The van der Waals surface area contributed by atoms with Gasteiger partial charge in [-0.15, -0.1) is 0 Å². The maximum Gasteiger partial charge on any atom is 0.0645 e. The lowest BCUT2D eigenvalue weighted by atomic mass is 9.70. The average molecular weight is 148 g/mol. The van der Waals surface area contributed by atoms with Crippen LogP contribution in [0.1, 0.15) is 12.8 Å². The smallest absolute Gasteiger partial charge is 0.0645 e. The number of allylic oxidation sites excluding steroid dienone is 5. The number of hydrogen-bond acceptors (Lipinski definition) is 1. The lowest BCUT2D eigenvalue weighted by Gasteiger charge is -2.35. The van der Waals surface area contributed by atoms with Crippen LogP contribution >= 0.6 is 0 Å². The van der Waals surface area contributed by atoms with Crippen molar-refractivity contribution in [1.82, 2.24) is 0 Å². The van der Waals surface area contributed by atoms with E-state index < -0.39 is 0 Å². The molecule has 0 heterocycles. The monoisotopic (exact) mass is 148 g/mol. The molecule has 11 heavy (non-hydrogen) atoms. The van der Waals surface area contributed by atoms with Gasteiger partial charge in [0.2, 0.25) is 0 Å². The molecule has 0 aliphatic heterocycles. The third kappa shape index (κ3) is 1.05. The van der Waals surface area contributed by atoms with Gasteiger partial charge in [-0.05, 0) is 18.4 Å². The van der Waals surface area contributed by atoms with E-state index in [9.17, 15) is 0 Å². The average Bonchev–Trinajstić information content (AvgIpc) is 2.02. The Kier molecular flexibility index (Phi) is 1.46. The summed E-state index contributed by atoms with van der Waals surface area (Å²) >= 11 is 0. The molecule has 1 atom stereocenters. The summed E-state index contributed by atoms with van der Waals surface area (Å²) in [6.45, 7) is 0.208. The highest BCUT2D eigenvalue weighted by molar-refractivity contribution is 5.33. The van der Waals surface area contributed by atoms with Gasteiger partial charge >= 0.3 is 0 Å². The van der Waals surface area contributed by atoms with Crippen molar-refractivity contribution >= 4 is 0 Å². The van der Waals surface area contributed by atoms with Crippen LogP contribution in [-0.4, -0.2) is 11.7 Å². The molecule has 1 heteroatoms. The van der Waals surface area contributed by atoms with Crippen LogP contribution in [0.25, 0.3) is 0 Å². The highest BCUT2D eigenvalue weighted by atomic mass is 16.3. The van der Waals surface area contributed by atoms with Crippen molar-refractivity contribution in [1.29, 1.82) is 0 Å². The first-order valence-electron chi connectivity index (χ1n) is 4.00. The highest BCUT2D eigenvalue weighted by Crippen LogP contribution is 2.42. The molecule has 0 bridgehead atoms. The molecule has 1 spiro atoms. The van der Waals surface area contributed by atoms with Crippen LogP contribution in [0.4, 0.5) is 0 Å². The van der Waals surface area contributed by atoms with Gasteiger partial charge in [-0.1, -0.05) is 30.4 Å². The second kappa shape index (κ2) is 2.35. The summed E-state index contributed by atoms with van der Waals surface area (Å²) < 4.78 is 0. The Morgan fingerprint density at radius 2 is 2.27 bits per heavy atom. The lowest BCUT2D eigenvalue weighted by Crippen LogP contribution is -2.23. The Morgan fingerprint density at radius 1 is 1.45 bits per heavy atom. The van der Waals surface area contributed by atoms with Gasteiger partial charge in [-0.3, -0.25) is 0 Å². The SMILES string of the molecule is OCC1=CC=CC2(C=CC2)C1. The molecule has 2 aliphatic carbocycles. The summed E-state index contributed by atoms with van der Waals surface area (Å²) in [7, 11) is 0. The minimum Gasteiger partial charge on any atom is -0.392 e. The van der Waals surface area contributed by atoms with E-state index in [1.807, 2.05) is 6.08 Å². The standard InChI is InChI=1S/C10H12O/c11-8-9-3-1-4-10(7-9)5-2-6-10/h1-5,11H,6-8H2. The Balaban J connectivity index is 2.17. The van der Waals surface area contributed by atoms with Crippen molar-refractivity contribution in [3.8, 4) is 0 Å². The zero-order valence-corrected chi connectivity index (χ0v) is 6.46. The largest absolute Gasteiger partial charge is 0.392 e. The first-order valence-corrected chi connectivity index (χ1v) is 4.00. The normalized spacial score (nSPS) is 33.7. The second-order valence-electron chi connectivity index (χ2n) is 3.36. The number of aliphatic hydroxyl groups is 1. The van der Waals surface area contributed by atoms with Gasteiger partial charge in [0.1, 0.15) is 0 Å². The van der Waals surface area contributed by atoms with Crippen LogP contribution in [0.15, 0.2) is 36.0 Å². The molecule has 0 aromatic carbocycles. The van der Waals surface area contributed by atoms with Crippen LogP contribution < -0.4 is 0 Å². The lowest BCUT2D eigenvalue weighted by molar-refractivity contribution is 0.310. The molecule has 1 unspecified atom stereocenters. The topological polar surface area (TPSA) is 20.2 Å². The van der Waals surface area contributed by atoms with Crippen molar-refractivity contribution in [3.05, 3.63) is 36.0 Å². The van der Waals surface area contributed by atoms with Gasteiger partial charge in [0.15, 0.2) is 0 Å². The van der Waals surface area contributed by atoms with Gasteiger partial charge in [-0.2, -0.15) is 0 Å². The minimum atomic E-state index is 0.208. The first kappa shape index (κ1) is 6.86. The molecule has 0 aromatic rings. The Bertz CT molecular complexity index is 248. The molecule has 0 saturated heterocycles. The van der Waals surface area contributed by atoms with Gasteiger partial charge in [0.05, 0.1) is 6.61 Å². The fourth-order valence-corrected chi connectivity index (χ4v) is 1.70. The van der Waals surface area contributed by atoms with Gasteiger partial charge in [0.25, 0.3) is 0 Å². The molecule has 0 saturated carbocycles. The molecular formula is C10H12O. The van der Waals surface area contributed by atoms with Gasteiger partial charge in [0, 0.05) is 5.41 Å². The molecule has 2 rings (SSSR count). The maximum atomic E-state index is 8.92. The summed E-state index contributed by atoms with van der Waals surface area (Å²) in [5.41, 5.74) is 1.43. The van der Waals surface area contributed by atoms with E-state index in [0.717, 1.165) is 18.4 Å². The van der Waals surface area contributed by atoms with E-state index in [1.54, 1.807) is 0 Å². The fourth-order valence-electron chi connectivity index (χ4n) is 1.70. The van der Waals surface area contributed by atoms with Crippen LogP contribution in [0.3, 0.4) is 0 Å². The predicted molar refractivity (Wildman–Crippen MR) is 45.1 cm³/mol. The quantitative estimate of drug-likeness (QED) is 0.562. The Hall–Kier alpha value is -0.820. The summed E-state index contributed by atoms with van der Waals surface area (Å²) in [5, 5.41) is 8.92. The van der Waals surface area contributed by atoms with Crippen molar-refractivity contribution in [2.75, 3.05) is 6.61 Å². The number of aliphatic hydroxyl groups excluding tert-OH is 1. The van der Waals surface area contributed by atoms with Crippen molar-refractivity contribution in [3.63, 3.8) is 0 Å². The Morgan fingerprint density at radius 3 is 2.82 bits per heavy atom. The first-order chi connectivity index (χ1) is 5.35. The van der Waals surface area contributed by atoms with Gasteiger partial charge in [-0.25, -0.2) is 0 Å². The molecule has 0 amide bonds. The summed E-state index contributed by atoms with van der Waals surface area (Å²) in [6.07, 6.45) is 12.9. The molecule has 58 valence electrons. The summed E-state index contributed by atoms with van der Waals surface area (Å²) in [4.78, 5) is 0. The zero-order chi connectivity index (χ0) is 7.73. The van der Waals surface area contributed by atoms with Crippen LogP contribution in [0.5, 0.6) is 0 Å². The van der Waals surface area contributed by atoms with Crippen molar-refractivity contribution in [2.24, 2.45) is 5.41 Å². The minimum absolute atomic E-state index is 0.208. The highest BCUT2D eigenvalue weighted by Gasteiger charge is 2.30. The van der Waals surface area contributed by atoms with E-state index in [-0.39, 0.29) is 12.0 Å². The van der Waals surface area contributed by atoms with Crippen LogP contribution in [0, 0.1) is 5.41 Å². The number of rotatable bonds is 1. The van der Waals surface area contributed by atoms with E-state index in [4.69, 9.17) is 5.11 Å². The van der Waals surface area contributed by atoms with Crippen LogP contribution in [0.2, 0.25) is 0 Å². The third-order valence-electron chi connectivity index (χ3n) is 2.47. The molecule has 0 fully saturated rings. The molecule has 2 aliphatic rings. The predicted octanol–water partition coefficient (Wildman–Crippen LogP) is 1.81. The fraction of sp³-hybridized carbons (Fsp3) is 0.400. The molecule has 0 aromatic heterocycles. The molecular weight excluding hydrogens is 136 g/mol. The van der Waals surface area contributed by atoms with Crippen molar-refractivity contribution in [2.45, 2.75) is 12.8 Å². The number of hydrogen-bond donors (Lipinski definition) is 1. The zero-order valence-electron chi connectivity index (χ0n) is 6.46. The molecule has 0 radical (unpaired) electrons. The summed E-state index contributed by atoms with van der Waals surface area (Å²) in [6, 6.07) is 0. The third-order valence-corrected chi connectivity index (χ3v) is 2.47. The van der Waals surface area contributed by atoms with Crippen molar-refractivity contribution < 1.29 is 5.11 Å². The van der Waals surface area contributed by atoms with E-state index in [2.05, 4.69) is 24.3 Å². The second-order valence-corrected chi connectivity index (χ2v) is 3.36. The Labute approximate surface area is 66.7 Å². The van der Waals surface area contributed by atoms with Crippen LogP contribution in [-0.2, 0) is 0 Å². The molecule has 1 N–H and O–H groups in total. The maximum absolute atomic E-state index is 8.92. The molecule has 1 nitrogen and oxygen atoms in total. The summed E-state index contributed by atoms with van der Waals surface area (Å²) in [5.74, 6) is 0. The van der Waals surface area contributed by atoms with Gasteiger partial charge < -0.3 is 5.11 Å².